The van der Waals surface area contributed by atoms with E-state index in [1.165, 1.54) is 25.1 Å². The summed E-state index contributed by atoms with van der Waals surface area (Å²) >= 11 is 3.51. The molecule has 1 saturated heterocycles. The molecule has 1 fully saturated rings. The maximum atomic E-state index is 5.95. The first-order chi connectivity index (χ1) is 9.20. The second-order valence-electron chi connectivity index (χ2n) is 5.77. The van der Waals surface area contributed by atoms with Crippen LogP contribution >= 0.6 is 15.9 Å². The van der Waals surface area contributed by atoms with E-state index in [0.29, 0.717) is 6.10 Å². The normalized spacial score (nSPS) is 26.4. The number of benzene rings is 1. The Morgan fingerprint density at radius 2 is 2.32 bits per heavy atom. The predicted molar refractivity (Wildman–Crippen MR) is 80.7 cm³/mol. The SMILES string of the molecule is CN1CCC(CNCC2Cc3cc(Br)ccc3O2)C1. The molecule has 2 aliphatic rings. The van der Waals surface area contributed by atoms with E-state index in [9.17, 15) is 0 Å². The van der Waals surface area contributed by atoms with Crippen LogP contribution in [-0.2, 0) is 6.42 Å². The Kier molecular flexibility index (Phi) is 4.10. The van der Waals surface area contributed by atoms with Crippen molar-refractivity contribution in [3.8, 4) is 5.75 Å². The standard InChI is InChI=1S/C15H21BrN2O/c1-18-5-4-11(10-18)8-17-9-14-7-12-6-13(16)2-3-15(12)19-14/h2-3,6,11,14,17H,4-5,7-10H2,1H3. The van der Waals surface area contributed by atoms with Crippen LogP contribution in [0.3, 0.4) is 0 Å². The largest absolute Gasteiger partial charge is 0.488 e. The minimum Gasteiger partial charge on any atom is -0.488 e. The Morgan fingerprint density at radius 1 is 1.42 bits per heavy atom. The van der Waals surface area contributed by atoms with E-state index in [0.717, 1.165) is 35.7 Å². The van der Waals surface area contributed by atoms with E-state index in [4.69, 9.17) is 4.74 Å². The van der Waals surface area contributed by atoms with Gasteiger partial charge in [-0.2, -0.15) is 0 Å². The van der Waals surface area contributed by atoms with Gasteiger partial charge in [0.15, 0.2) is 0 Å². The lowest BCUT2D eigenvalue weighted by Crippen LogP contribution is -2.34. The highest BCUT2D eigenvalue weighted by atomic mass is 79.9. The number of nitrogens with zero attached hydrogens (tertiary/aromatic N) is 1. The zero-order valence-electron chi connectivity index (χ0n) is 11.4. The molecule has 1 aromatic carbocycles. The molecule has 0 aromatic heterocycles. The van der Waals surface area contributed by atoms with Crippen LogP contribution in [0.1, 0.15) is 12.0 Å². The summed E-state index contributed by atoms with van der Waals surface area (Å²) in [5.41, 5.74) is 1.32. The molecule has 4 heteroatoms. The van der Waals surface area contributed by atoms with Gasteiger partial charge >= 0.3 is 0 Å². The third-order valence-electron chi connectivity index (χ3n) is 4.06. The van der Waals surface area contributed by atoms with Crippen LogP contribution in [0.2, 0.25) is 0 Å². The second kappa shape index (κ2) is 5.81. The average Bonchev–Trinajstić information content (AvgIpc) is 2.95. The fraction of sp³-hybridized carbons (Fsp3) is 0.600. The second-order valence-corrected chi connectivity index (χ2v) is 6.69. The Hall–Kier alpha value is -0.580. The number of nitrogens with one attached hydrogen (secondary N) is 1. The van der Waals surface area contributed by atoms with Gasteiger partial charge in [-0.3, -0.25) is 0 Å². The first kappa shape index (κ1) is 13.4. The zero-order valence-corrected chi connectivity index (χ0v) is 12.9. The van der Waals surface area contributed by atoms with E-state index in [1.54, 1.807) is 0 Å². The van der Waals surface area contributed by atoms with Gasteiger partial charge in [-0.15, -0.1) is 0 Å². The number of hydrogen-bond donors (Lipinski definition) is 1. The number of fused-ring (bicyclic) bond motifs is 1. The molecule has 2 aliphatic heterocycles. The Balaban J connectivity index is 1.43. The Bertz CT molecular complexity index is 452. The van der Waals surface area contributed by atoms with Gasteiger partial charge in [0.05, 0.1) is 0 Å². The smallest absolute Gasteiger partial charge is 0.123 e. The molecule has 3 nitrogen and oxygen atoms in total. The van der Waals surface area contributed by atoms with Gasteiger partial charge in [0.25, 0.3) is 0 Å². The van der Waals surface area contributed by atoms with Crippen molar-refractivity contribution >= 4 is 15.9 Å². The summed E-state index contributed by atoms with van der Waals surface area (Å²) in [4.78, 5) is 2.41. The third kappa shape index (κ3) is 3.30. The number of halogens is 1. The summed E-state index contributed by atoms with van der Waals surface area (Å²) < 4.78 is 7.09. The number of rotatable bonds is 4. The lowest BCUT2D eigenvalue weighted by Gasteiger charge is -2.15. The van der Waals surface area contributed by atoms with Crippen molar-refractivity contribution in [2.75, 3.05) is 33.2 Å². The highest BCUT2D eigenvalue weighted by Crippen LogP contribution is 2.30. The topological polar surface area (TPSA) is 24.5 Å². The molecule has 0 amide bonds. The molecule has 0 bridgehead atoms. The van der Waals surface area contributed by atoms with Gasteiger partial charge in [-0.25, -0.2) is 0 Å². The van der Waals surface area contributed by atoms with Crippen molar-refractivity contribution in [2.24, 2.45) is 5.92 Å². The maximum absolute atomic E-state index is 5.95. The molecule has 0 aliphatic carbocycles. The number of hydrogen-bond acceptors (Lipinski definition) is 3. The molecule has 3 rings (SSSR count). The molecule has 1 aromatic rings. The van der Waals surface area contributed by atoms with E-state index in [1.807, 2.05) is 6.07 Å². The van der Waals surface area contributed by atoms with Crippen LogP contribution in [-0.4, -0.2) is 44.2 Å². The molecule has 1 N–H and O–H groups in total. The lowest BCUT2D eigenvalue weighted by atomic mass is 10.1. The van der Waals surface area contributed by atoms with Gasteiger partial charge in [0.1, 0.15) is 11.9 Å². The third-order valence-corrected chi connectivity index (χ3v) is 4.55. The van der Waals surface area contributed by atoms with E-state index >= 15 is 0 Å². The molecule has 19 heavy (non-hydrogen) atoms. The van der Waals surface area contributed by atoms with Crippen molar-refractivity contribution in [3.63, 3.8) is 0 Å². The van der Waals surface area contributed by atoms with Crippen LogP contribution in [0.5, 0.6) is 5.75 Å². The van der Waals surface area contributed by atoms with Crippen molar-refractivity contribution in [3.05, 3.63) is 28.2 Å². The van der Waals surface area contributed by atoms with Crippen molar-refractivity contribution in [1.29, 1.82) is 0 Å². The highest BCUT2D eigenvalue weighted by molar-refractivity contribution is 9.10. The van der Waals surface area contributed by atoms with Crippen molar-refractivity contribution < 1.29 is 4.74 Å². The molecule has 2 unspecified atom stereocenters. The van der Waals surface area contributed by atoms with Crippen LogP contribution < -0.4 is 10.1 Å². The predicted octanol–water partition coefficient (Wildman–Crippen LogP) is 2.29. The number of likely N-dealkylation sites (tertiary alicyclic amines) is 1. The summed E-state index contributed by atoms with van der Waals surface area (Å²) in [5.74, 6) is 1.86. The average molecular weight is 325 g/mol. The quantitative estimate of drug-likeness (QED) is 0.919. The molecular formula is C15H21BrN2O. The van der Waals surface area contributed by atoms with Gasteiger partial charge in [-0.05, 0) is 56.2 Å². The van der Waals surface area contributed by atoms with Crippen molar-refractivity contribution in [1.82, 2.24) is 10.2 Å². The first-order valence-electron chi connectivity index (χ1n) is 7.05. The molecule has 2 heterocycles. The molecule has 104 valence electrons. The summed E-state index contributed by atoms with van der Waals surface area (Å²) in [6, 6.07) is 6.27. The summed E-state index contributed by atoms with van der Waals surface area (Å²) in [7, 11) is 2.20. The van der Waals surface area contributed by atoms with Gasteiger partial charge < -0.3 is 15.0 Å². The Labute approximate surface area is 123 Å². The summed E-state index contributed by atoms with van der Waals surface area (Å²) in [6.45, 7) is 4.54. The fourth-order valence-corrected chi connectivity index (χ4v) is 3.45. The minimum absolute atomic E-state index is 0.295. The molecular weight excluding hydrogens is 304 g/mol. The van der Waals surface area contributed by atoms with E-state index < -0.39 is 0 Å². The maximum Gasteiger partial charge on any atom is 0.123 e. The first-order valence-corrected chi connectivity index (χ1v) is 7.84. The lowest BCUT2D eigenvalue weighted by molar-refractivity contribution is 0.224. The summed E-state index contributed by atoms with van der Waals surface area (Å²) in [6.07, 6.45) is 2.64. The number of ether oxygens (including phenoxy) is 1. The van der Waals surface area contributed by atoms with Crippen LogP contribution in [0.25, 0.3) is 0 Å². The van der Waals surface area contributed by atoms with E-state index in [-0.39, 0.29) is 0 Å². The van der Waals surface area contributed by atoms with Crippen LogP contribution in [0.15, 0.2) is 22.7 Å². The molecule has 0 spiro atoms. The van der Waals surface area contributed by atoms with Gasteiger partial charge in [0, 0.05) is 24.0 Å². The molecule has 2 atom stereocenters. The van der Waals surface area contributed by atoms with Gasteiger partial charge in [0.2, 0.25) is 0 Å². The highest BCUT2D eigenvalue weighted by Gasteiger charge is 2.24. The van der Waals surface area contributed by atoms with E-state index in [2.05, 4.69) is 45.3 Å². The zero-order chi connectivity index (χ0) is 13.2. The monoisotopic (exact) mass is 324 g/mol. The fourth-order valence-electron chi connectivity index (χ4n) is 3.04. The van der Waals surface area contributed by atoms with Gasteiger partial charge in [-0.1, -0.05) is 15.9 Å². The minimum atomic E-state index is 0.295. The molecule has 0 saturated carbocycles. The molecule has 0 radical (unpaired) electrons. The summed E-state index contributed by atoms with van der Waals surface area (Å²) in [5, 5.41) is 3.58. The Morgan fingerprint density at radius 3 is 3.11 bits per heavy atom. The van der Waals surface area contributed by atoms with Crippen LogP contribution in [0.4, 0.5) is 0 Å². The van der Waals surface area contributed by atoms with Crippen molar-refractivity contribution in [2.45, 2.75) is 18.9 Å². The van der Waals surface area contributed by atoms with Crippen LogP contribution in [0, 0.1) is 5.92 Å².